The van der Waals surface area contributed by atoms with Crippen molar-refractivity contribution in [2.24, 2.45) is 7.05 Å². The highest BCUT2D eigenvalue weighted by Crippen LogP contribution is 2.22. The molecule has 2 aromatic carbocycles. The Balaban J connectivity index is 2.41. The number of esters is 1. The van der Waals surface area contributed by atoms with Gasteiger partial charge in [0.15, 0.2) is 5.43 Å². The molecule has 0 aliphatic carbocycles. The molecule has 4 nitrogen and oxygen atoms in total. The first kappa shape index (κ1) is 12.4. The number of aryl methyl sites for hydroxylation is 1. The predicted octanol–water partition coefficient (Wildman–Crippen LogP) is 2.62. The first-order valence-electron chi connectivity index (χ1n) is 6.28. The minimum atomic E-state index is -0.401. The van der Waals surface area contributed by atoms with Crippen LogP contribution in [-0.4, -0.2) is 10.5 Å². The van der Waals surface area contributed by atoms with Crippen molar-refractivity contribution in [3.05, 3.63) is 52.7 Å². The van der Waals surface area contributed by atoms with Gasteiger partial charge in [-0.25, -0.2) is 0 Å². The first-order valence-corrected chi connectivity index (χ1v) is 6.28. The summed E-state index contributed by atoms with van der Waals surface area (Å²) in [4.78, 5) is 23.5. The van der Waals surface area contributed by atoms with Gasteiger partial charge in [0.2, 0.25) is 0 Å². The maximum Gasteiger partial charge on any atom is 0.308 e. The van der Waals surface area contributed by atoms with Crippen LogP contribution in [0.4, 0.5) is 0 Å². The summed E-state index contributed by atoms with van der Waals surface area (Å²) in [7, 11) is 1.91. The van der Waals surface area contributed by atoms with Crippen molar-refractivity contribution in [2.45, 2.75) is 6.92 Å². The lowest BCUT2D eigenvalue weighted by atomic mass is 10.1. The Bertz CT molecular complexity index is 893. The van der Waals surface area contributed by atoms with E-state index in [1.807, 2.05) is 29.8 Å². The summed E-state index contributed by atoms with van der Waals surface area (Å²) in [5.41, 5.74) is 1.64. The molecule has 0 fully saturated rings. The third kappa shape index (κ3) is 1.86. The van der Waals surface area contributed by atoms with Gasteiger partial charge in [-0.2, -0.15) is 0 Å². The van der Waals surface area contributed by atoms with Crippen molar-refractivity contribution in [3.8, 4) is 5.75 Å². The second kappa shape index (κ2) is 4.49. The van der Waals surface area contributed by atoms with Crippen LogP contribution in [0.5, 0.6) is 5.75 Å². The second-order valence-electron chi connectivity index (χ2n) is 4.68. The number of ether oxygens (including phenoxy) is 1. The predicted molar refractivity (Wildman–Crippen MR) is 78.0 cm³/mol. The Morgan fingerprint density at radius 3 is 2.50 bits per heavy atom. The van der Waals surface area contributed by atoms with Crippen LogP contribution in [0, 0.1) is 0 Å². The van der Waals surface area contributed by atoms with Gasteiger partial charge in [0.05, 0.1) is 11.0 Å². The van der Waals surface area contributed by atoms with Crippen LogP contribution in [0.1, 0.15) is 6.92 Å². The van der Waals surface area contributed by atoms with Gasteiger partial charge in [-0.1, -0.05) is 12.1 Å². The van der Waals surface area contributed by atoms with Crippen molar-refractivity contribution in [1.29, 1.82) is 0 Å². The lowest BCUT2D eigenvalue weighted by Crippen LogP contribution is -2.09. The number of aromatic nitrogens is 1. The molecule has 0 atom stereocenters. The molecule has 1 heterocycles. The average Bonchev–Trinajstić information content (AvgIpc) is 2.44. The van der Waals surface area contributed by atoms with Crippen LogP contribution in [0.25, 0.3) is 21.8 Å². The molecule has 4 heteroatoms. The van der Waals surface area contributed by atoms with Crippen molar-refractivity contribution in [2.75, 3.05) is 0 Å². The first-order chi connectivity index (χ1) is 9.58. The molecule has 0 aliphatic heterocycles. The molecule has 0 saturated heterocycles. The fourth-order valence-corrected chi connectivity index (χ4v) is 2.45. The quantitative estimate of drug-likeness (QED) is 0.387. The normalized spacial score (nSPS) is 10.9. The highest BCUT2D eigenvalue weighted by molar-refractivity contribution is 5.94. The molecule has 0 N–H and O–H groups in total. The van der Waals surface area contributed by atoms with Crippen molar-refractivity contribution >= 4 is 27.8 Å². The topological polar surface area (TPSA) is 48.3 Å². The Kier molecular flexibility index (Phi) is 2.79. The van der Waals surface area contributed by atoms with E-state index in [9.17, 15) is 9.59 Å². The van der Waals surface area contributed by atoms with Crippen LogP contribution >= 0.6 is 0 Å². The highest BCUT2D eigenvalue weighted by atomic mass is 16.5. The molecule has 1 aromatic heterocycles. The van der Waals surface area contributed by atoms with Crippen molar-refractivity contribution < 1.29 is 9.53 Å². The molecule has 3 aromatic rings. The fourth-order valence-electron chi connectivity index (χ4n) is 2.45. The fraction of sp³-hybridized carbons (Fsp3) is 0.125. The third-order valence-corrected chi connectivity index (χ3v) is 3.35. The van der Waals surface area contributed by atoms with E-state index in [0.29, 0.717) is 16.5 Å². The zero-order valence-electron chi connectivity index (χ0n) is 11.2. The number of hydrogen-bond acceptors (Lipinski definition) is 3. The summed E-state index contributed by atoms with van der Waals surface area (Å²) >= 11 is 0. The standard InChI is InChI=1S/C16H13NO3/c1-10(18)20-11-7-8-15-13(9-11)16(19)12-5-3-4-6-14(12)17(15)2/h3-9H,1-2H3. The lowest BCUT2D eigenvalue weighted by Gasteiger charge is -2.11. The van der Waals surface area contributed by atoms with E-state index >= 15 is 0 Å². The molecule has 0 radical (unpaired) electrons. The molecular weight excluding hydrogens is 254 g/mol. The summed E-state index contributed by atoms with van der Waals surface area (Å²) in [6, 6.07) is 12.6. The molecule has 100 valence electrons. The maximum absolute atomic E-state index is 12.5. The van der Waals surface area contributed by atoms with E-state index in [2.05, 4.69) is 0 Å². The van der Waals surface area contributed by atoms with E-state index in [0.717, 1.165) is 11.0 Å². The molecule has 0 amide bonds. The van der Waals surface area contributed by atoms with E-state index < -0.39 is 5.97 Å². The number of fused-ring (bicyclic) bond motifs is 2. The Hall–Kier alpha value is -2.62. The van der Waals surface area contributed by atoms with E-state index in [1.54, 1.807) is 24.3 Å². The number of benzene rings is 2. The number of carbonyl (C=O) groups excluding carboxylic acids is 1. The zero-order chi connectivity index (χ0) is 14.3. The summed E-state index contributed by atoms with van der Waals surface area (Å²) in [5, 5.41) is 1.20. The SMILES string of the molecule is CC(=O)Oc1ccc2c(c1)c(=O)c1ccccc1n2C. The van der Waals surface area contributed by atoms with Crippen LogP contribution in [0.15, 0.2) is 47.3 Å². The van der Waals surface area contributed by atoms with Crippen LogP contribution in [0.2, 0.25) is 0 Å². The van der Waals surface area contributed by atoms with Gasteiger partial charge in [-0.15, -0.1) is 0 Å². The summed E-state index contributed by atoms with van der Waals surface area (Å²) in [5.74, 6) is -0.0145. The molecule has 20 heavy (non-hydrogen) atoms. The maximum atomic E-state index is 12.5. The number of pyridine rings is 1. The number of hydrogen-bond donors (Lipinski definition) is 0. The van der Waals surface area contributed by atoms with Gasteiger partial charge < -0.3 is 9.30 Å². The highest BCUT2D eigenvalue weighted by Gasteiger charge is 2.09. The molecule has 0 saturated carbocycles. The summed E-state index contributed by atoms with van der Waals surface area (Å²) < 4.78 is 7.00. The van der Waals surface area contributed by atoms with E-state index in [4.69, 9.17) is 4.74 Å². The van der Waals surface area contributed by atoms with Crippen LogP contribution in [0.3, 0.4) is 0 Å². The van der Waals surface area contributed by atoms with Crippen LogP contribution in [-0.2, 0) is 11.8 Å². The molecule has 0 spiro atoms. The van der Waals surface area contributed by atoms with Crippen molar-refractivity contribution in [3.63, 3.8) is 0 Å². The number of carbonyl (C=O) groups is 1. The lowest BCUT2D eigenvalue weighted by molar-refractivity contribution is -0.131. The summed E-state index contributed by atoms with van der Waals surface area (Å²) in [6.07, 6.45) is 0. The Morgan fingerprint density at radius 1 is 1.05 bits per heavy atom. The average molecular weight is 267 g/mol. The molecule has 0 aliphatic rings. The van der Waals surface area contributed by atoms with Gasteiger partial charge in [0.25, 0.3) is 0 Å². The van der Waals surface area contributed by atoms with Crippen molar-refractivity contribution in [1.82, 2.24) is 4.57 Å². The number of nitrogens with zero attached hydrogens (tertiary/aromatic N) is 1. The molecule has 3 rings (SSSR count). The van der Waals surface area contributed by atoms with E-state index in [1.165, 1.54) is 6.92 Å². The Morgan fingerprint density at radius 2 is 1.75 bits per heavy atom. The zero-order valence-corrected chi connectivity index (χ0v) is 11.2. The van der Waals surface area contributed by atoms with Gasteiger partial charge in [-0.05, 0) is 30.3 Å². The number of para-hydroxylation sites is 1. The smallest absolute Gasteiger partial charge is 0.308 e. The molecule has 0 bridgehead atoms. The molecular formula is C16H13NO3. The molecule has 0 unspecified atom stereocenters. The minimum absolute atomic E-state index is 0.0531. The van der Waals surface area contributed by atoms with Gasteiger partial charge in [0, 0.05) is 24.7 Å². The second-order valence-corrected chi connectivity index (χ2v) is 4.68. The third-order valence-electron chi connectivity index (χ3n) is 3.35. The Labute approximate surface area is 115 Å². The van der Waals surface area contributed by atoms with Gasteiger partial charge in [0.1, 0.15) is 5.75 Å². The van der Waals surface area contributed by atoms with Gasteiger partial charge in [-0.3, -0.25) is 9.59 Å². The number of rotatable bonds is 1. The largest absolute Gasteiger partial charge is 0.427 e. The van der Waals surface area contributed by atoms with Crippen LogP contribution < -0.4 is 10.2 Å². The minimum Gasteiger partial charge on any atom is -0.427 e. The monoisotopic (exact) mass is 267 g/mol. The van der Waals surface area contributed by atoms with Gasteiger partial charge >= 0.3 is 5.97 Å². The van der Waals surface area contributed by atoms with E-state index in [-0.39, 0.29) is 5.43 Å². The summed E-state index contributed by atoms with van der Waals surface area (Å²) in [6.45, 7) is 1.34.